The van der Waals surface area contributed by atoms with E-state index in [2.05, 4.69) is 11.2 Å². The maximum atomic E-state index is 13.8. The van der Waals surface area contributed by atoms with Crippen molar-refractivity contribution in [1.82, 2.24) is 14.6 Å². The lowest BCUT2D eigenvalue weighted by atomic mass is 9.92. The van der Waals surface area contributed by atoms with Gasteiger partial charge in [-0.25, -0.2) is 9.78 Å². The van der Waals surface area contributed by atoms with Crippen molar-refractivity contribution in [3.63, 3.8) is 0 Å². The van der Waals surface area contributed by atoms with Gasteiger partial charge in [0.2, 0.25) is 0 Å². The Labute approximate surface area is 216 Å². The number of aryl methyl sites for hydroxylation is 1. The molecule has 190 valence electrons. The maximum Gasteiger partial charge on any atom is 0.328 e. The SMILES string of the molecule is Cc1nc2c(C3=CCCCC3)c(-c3ccccc3)[nH]n2c(=O)c1-c1ccc(OC(=O)[C@@H](N)C(C)C)cc1. The number of H-pyrrole nitrogens is 1. The number of aromatic amines is 1. The topological polar surface area (TPSA) is 102 Å². The number of nitrogens with two attached hydrogens (primary N) is 1. The van der Waals surface area contributed by atoms with E-state index in [1.807, 2.05) is 51.1 Å². The largest absolute Gasteiger partial charge is 0.425 e. The van der Waals surface area contributed by atoms with Gasteiger partial charge in [-0.2, -0.15) is 4.52 Å². The number of nitrogens with zero attached hydrogens (tertiary/aromatic N) is 2. The summed E-state index contributed by atoms with van der Waals surface area (Å²) in [7, 11) is 0. The van der Waals surface area contributed by atoms with Crippen LogP contribution in [0.2, 0.25) is 0 Å². The zero-order valence-corrected chi connectivity index (χ0v) is 21.5. The molecule has 1 aliphatic carbocycles. The van der Waals surface area contributed by atoms with Crippen LogP contribution in [0.15, 0.2) is 65.5 Å². The van der Waals surface area contributed by atoms with Gasteiger partial charge in [0.05, 0.1) is 17.0 Å². The molecule has 0 aliphatic heterocycles. The molecular weight excluding hydrogens is 464 g/mol. The minimum atomic E-state index is -0.696. The molecule has 0 amide bonds. The zero-order valence-electron chi connectivity index (χ0n) is 21.5. The Bertz CT molecular complexity index is 1530. The molecule has 0 fully saturated rings. The van der Waals surface area contributed by atoms with E-state index in [4.69, 9.17) is 15.5 Å². The summed E-state index contributed by atoms with van der Waals surface area (Å²) in [6.07, 6.45) is 6.57. The number of carbonyl (C=O) groups is 1. The van der Waals surface area contributed by atoms with Crippen LogP contribution < -0.4 is 16.0 Å². The lowest BCUT2D eigenvalue weighted by Crippen LogP contribution is -2.38. The number of benzene rings is 2. The Morgan fingerprint density at radius 3 is 2.41 bits per heavy atom. The second-order valence-electron chi connectivity index (χ2n) is 9.95. The minimum absolute atomic E-state index is 0.0249. The molecule has 0 saturated carbocycles. The molecule has 2 heterocycles. The molecule has 0 radical (unpaired) electrons. The van der Waals surface area contributed by atoms with Gasteiger partial charge in [0.25, 0.3) is 5.56 Å². The summed E-state index contributed by atoms with van der Waals surface area (Å²) in [5, 5.41) is 3.36. The predicted molar refractivity (Wildman–Crippen MR) is 146 cm³/mol. The fourth-order valence-corrected chi connectivity index (χ4v) is 4.84. The van der Waals surface area contributed by atoms with E-state index < -0.39 is 12.0 Å². The lowest BCUT2D eigenvalue weighted by Gasteiger charge is -2.14. The van der Waals surface area contributed by atoms with Crippen molar-refractivity contribution in [3.05, 3.63) is 82.3 Å². The van der Waals surface area contributed by atoms with Crippen LogP contribution in [0.1, 0.15) is 50.8 Å². The summed E-state index contributed by atoms with van der Waals surface area (Å²) in [6.45, 7) is 5.60. The second kappa shape index (κ2) is 10.2. The normalized spacial score (nSPS) is 14.6. The van der Waals surface area contributed by atoms with Crippen LogP contribution >= 0.6 is 0 Å². The molecule has 0 unspecified atom stereocenters. The van der Waals surface area contributed by atoms with Gasteiger partial charge in [-0.1, -0.05) is 62.4 Å². The Hall–Kier alpha value is -3.97. The summed E-state index contributed by atoms with van der Waals surface area (Å²) in [4.78, 5) is 31.0. The first-order chi connectivity index (χ1) is 17.8. The predicted octanol–water partition coefficient (Wildman–Crippen LogP) is 5.51. The summed E-state index contributed by atoms with van der Waals surface area (Å²) >= 11 is 0. The molecule has 37 heavy (non-hydrogen) atoms. The quantitative estimate of drug-likeness (QED) is 0.271. The second-order valence-corrected chi connectivity index (χ2v) is 9.95. The van der Waals surface area contributed by atoms with Crippen LogP contribution in [-0.4, -0.2) is 26.6 Å². The highest BCUT2D eigenvalue weighted by Crippen LogP contribution is 2.36. The van der Waals surface area contributed by atoms with Crippen molar-refractivity contribution in [1.29, 1.82) is 0 Å². The summed E-state index contributed by atoms with van der Waals surface area (Å²) in [5.74, 6) is -0.121. The molecule has 0 saturated heterocycles. The van der Waals surface area contributed by atoms with Gasteiger partial charge in [-0.3, -0.25) is 9.89 Å². The molecule has 2 aromatic carbocycles. The first kappa shape index (κ1) is 24.7. The molecular formula is C30H32N4O3. The number of esters is 1. The average Bonchev–Trinajstić information content (AvgIpc) is 3.29. The van der Waals surface area contributed by atoms with E-state index in [1.54, 1.807) is 28.8 Å². The molecule has 1 atom stereocenters. The third-order valence-electron chi connectivity index (χ3n) is 6.99. The van der Waals surface area contributed by atoms with E-state index in [-0.39, 0.29) is 11.5 Å². The number of carbonyl (C=O) groups excluding carboxylic acids is 1. The van der Waals surface area contributed by atoms with Crippen LogP contribution in [0.25, 0.3) is 33.6 Å². The van der Waals surface area contributed by atoms with Crippen molar-refractivity contribution in [3.8, 4) is 28.1 Å². The van der Waals surface area contributed by atoms with E-state index in [0.29, 0.717) is 28.2 Å². The standard InChI is InChI=1S/C30H32N4O3/c1-18(2)26(31)30(36)37-23-16-14-21(15-17-23)24-19(3)32-28-25(20-10-6-4-7-11-20)27(33-34(28)29(24)35)22-12-8-5-9-13-22/h5,8-10,12-18,26,33H,4,6-7,11,31H2,1-3H3/t26-/m0/s1. The van der Waals surface area contributed by atoms with E-state index >= 15 is 0 Å². The molecule has 5 rings (SSSR count). The first-order valence-electron chi connectivity index (χ1n) is 12.8. The monoisotopic (exact) mass is 496 g/mol. The third-order valence-corrected chi connectivity index (χ3v) is 6.99. The van der Waals surface area contributed by atoms with Gasteiger partial charge in [-0.15, -0.1) is 0 Å². The Morgan fingerprint density at radius 1 is 1.03 bits per heavy atom. The van der Waals surface area contributed by atoms with Gasteiger partial charge >= 0.3 is 5.97 Å². The smallest absolute Gasteiger partial charge is 0.328 e. The number of allylic oxidation sites excluding steroid dienone is 2. The minimum Gasteiger partial charge on any atom is -0.425 e. The van der Waals surface area contributed by atoms with Gasteiger partial charge in [0.1, 0.15) is 11.8 Å². The molecule has 7 heteroatoms. The van der Waals surface area contributed by atoms with Crippen LogP contribution in [0, 0.1) is 12.8 Å². The lowest BCUT2D eigenvalue weighted by molar-refractivity contribution is -0.136. The first-order valence-corrected chi connectivity index (χ1v) is 12.8. The number of hydrogen-bond acceptors (Lipinski definition) is 5. The fourth-order valence-electron chi connectivity index (χ4n) is 4.84. The van der Waals surface area contributed by atoms with Crippen LogP contribution in [-0.2, 0) is 4.79 Å². The number of aromatic nitrogens is 3. The molecule has 0 spiro atoms. The van der Waals surface area contributed by atoms with Crippen molar-refractivity contribution in [2.75, 3.05) is 0 Å². The fraction of sp³-hybridized carbons (Fsp3) is 0.300. The Balaban J connectivity index is 1.59. The number of fused-ring (bicyclic) bond motifs is 1. The number of nitrogens with one attached hydrogen (secondary N) is 1. The molecule has 7 nitrogen and oxygen atoms in total. The van der Waals surface area contributed by atoms with Gasteiger partial charge in [-0.05, 0) is 61.8 Å². The third kappa shape index (κ3) is 4.74. The number of hydrogen-bond donors (Lipinski definition) is 2. The average molecular weight is 497 g/mol. The number of ether oxygens (including phenoxy) is 1. The molecule has 2 aromatic heterocycles. The zero-order chi connectivity index (χ0) is 26.1. The maximum absolute atomic E-state index is 13.8. The van der Waals surface area contributed by atoms with Gasteiger partial charge < -0.3 is 10.5 Å². The van der Waals surface area contributed by atoms with Gasteiger partial charge in [0, 0.05) is 11.1 Å². The van der Waals surface area contributed by atoms with Crippen LogP contribution in [0.3, 0.4) is 0 Å². The highest BCUT2D eigenvalue weighted by Gasteiger charge is 2.23. The van der Waals surface area contributed by atoms with E-state index in [9.17, 15) is 9.59 Å². The summed E-state index contributed by atoms with van der Waals surface area (Å²) < 4.78 is 6.98. The molecule has 1 aliphatic rings. The molecule has 3 N–H and O–H groups in total. The van der Waals surface area contributed by atoms with Crippen LogP contribution in [0.5, 0.6) is 5.75 Å². The number of rotatable bonds is 6. The van der Waals surface area contributed by atoms with Crippen molar-refractivity contribution >= 4 is 17.2 Å². The molecule has 4 aromatic rings. The molecule has 0 bridgehead atoms. The van der Waals surface area contributed by atoms with Crippen molar-refractivity contribution in [2.24, 2.45) is 11.7 Å². The van der Waals surface area contributed by atoms with E-state index in [0.717, 1.165) is 36.1 Å². The summed E-state index contributed by atoms with van der Waals surface area (Å²) in [5.41, 5.74) is 12.4. The Morgan fingerprint density at radius 2 is 1.76 bits per heavy atom. The highest BCUT2D eigenvalue weighted by atomic mass is 16.5. The van der Waals surface area contributed by atoms with Gasteiger partial charge in [0.15, 0.2) is 5.65 Å². The van der Waals surface area contributed by atoms with Crippen molar-refractivity contribution < 1.29 is 9.53 Å². The van der Waals surface area contributed by atoms with Crippen LogP contribution in [0.4, 0.5) is 0 Å². The van der Waals surface area contributed by atoms with E-state index in [1.165, 1.54) is 12.0 Å². The van der Waals surface area contributed by atoms with Crippen molar-refractivity contribution in [2.45, 2.75) is 52.5 Å². The Kier molecular flexibility index (Phi) is 6.80. The highest BCUT2D eigenvalue weighted by molar-refractivity contribution is 5.88. The summed E-state index contributed by atoms with van der Waals surface area (Å²) in [6, 6.07) is 16.3.